The Morgan fingerprint density at radius 3 is 2.84 bits per heavy atom. The van der Waals surface area contributed by atoms with E-state index in [0.29, 0.717) is 29.6 Å². The minimum atomic E-state index is -0.857. The summed E-state index contributed by atoms with van der Waals surface area (Å²) in [7, 11) is 0. The van der Waals surface area contributed by atoms with E-state index in [9.17, 15) is 14.9 Å². The Hall–Kier alpha value is -4.23. The van der Waals surface area contributed by atoms with Crippen molar-refractivity contribution in [1.82, 2.24) is 19.7 Å². The quantitative estimate of drug-likeness (QED) is 0.373. The van der Waals surface area contributed by atoms with Gasteiger partial charge in [0.25, 0.3) is 5.56 Å². The first kappa shape index (κ1) is 25.4. The molecule has 10 nitrogen and oxygen atoms in total. The number of esters is 1. The van der Waals surface area contributed by atoms with Gasteiger partial charge in [0.2, 0.25) is 0 Å². The molecule has 0 bridgehead atoms. The summed E-state index contributed by atoms with van der Waals surface area (Å²) in [5.74, 6) is -0.0546. The first-order chi connectivity index (χ1) is 18.1. The lowest BCUT2D eigenvalue weighted by atomic mass is 9.87. The van der Waals surface area contributed by atoms with Crippen molar-refractivity contribution >= 4 is 39.3 Å². The van der Waals surface area contributed by atoms with E-state index in [1.807, 2.05) is 58.0 Å². The van der Waals surface area contributed by atoms with E-state index in [1.165, 1.54) is 0 Å². The number of anilines is 2. The number of aromatic nitrogens is 4. The fraction of sp³-hybridized carbons (Fsp3) is 0.393. The van der Waals surface area contributed by atoms with E-state index in [-0.39, 0.29) is 18.6 Å². The van der Waals surface area contributed by atoms with Crippen LogP contribution in [-0.2, 0) is 19.8 Å². The Labute approximate surface area is 219 Å². The highest BCUT2D eigenvalue weighted by Gasteiger charge is 2.43. The van der Waals surface area contributed by atoms with Crippen molar-refractivity contribution < 1.29 is 14.3 Å². The molecule has 4 aromatic rings. The summed E-state index contributed by atoms with van der Waals surface area (Å²) in [4.78, 5) is 32.8. The Bertz CT molecular complexity index is 1620. The molecule has 2 atom stereocenters. The molecule has 0 radical (unpaired) electrons. The molecule has 0 saturated carbocycles. The molecule has 1 aliphatic rings. The Kier molecular flexibility index (Phi) is 6.41. The molecule has 2 N–H and O–H groups in total. The van der Waals surface area contributed by atoms with Crippen LogP contribution >= 0.6 is 0 Å². The van der Waals surface area contributed by atoms with Crippen molar-refractivity contribution in [3.05, 3.63) is 58.6 Å². The first-order valence-corrected chi connectivity index (χ1v) is 12.6. The maximum absolute atomic E-state index is 13.0. The fourth-order valence-corrected chi connectivity index (χ4v) is 4.86. The number of aryl methyl sites for hydroxylation is 1. The number of aromatic amines is 1. The molecule has 1 saturated heterocycles. The van der Waals surface area contributed by atoms with Crippen molar-refractivity contribution in [3.63, 3.8) is 0 Å². The molecule has 38 heavy (non-hydrogen) atoms. The Morgan fingerprint density at radius 2 is 2.13 bits per heavy atom. The fourth-order valence-electron chi connectivity index (χ4n) is 4.86. The predicted molar refractivity (Wildman–Crippen MR) is 143 cm³/mol. The molecule has 0 spiro atoms. The van der Waals surface area contributed by atoms with Gasteiger partial charge < -0.3 is 19.8 Å². The number of nitrogens with zero attached hydrogens (tertiary/aromatic N) is 4. The summed E-state index contributed by atoms with van der Waals surface area (Å²) in [6, 6.07) is 13.7. The van der Waals surface area contributed by atoms with Gasteiger partial charge in [-0.25, -0.2) is 4.79 Å². The molecule has 1 fully saturated rings. The second-order valence-electron chi connectivity index (χ2n) is 10.7. The third-order valence-corrected chi connectivity index (χ3v) is 6.65. The molecular formula is C28H30N6O4. The molecule has 5 rings (SSSR count). The van der Waals surface area contributed by atoms with E-state index in [2.05, 4.69) is 21.4 Å². The zero-order chi connectivity index (χ0) is 27.1. The molecule has 4 heterocycles. The van der Waals surface area contributed by atoms with Gasteiger partial charge in [0.1, 0.15) is 11.0 Å². The number of hydrogen-bond acceptors (Lipinski definition) is 8. The molecule has 1 aliphatic heterocycles. The van der Waals surface area contributed by atoms with Crippen LogP contribution in [0.15, 0.2) is 47.4 Å². The second-order valence-corrected chi connectivity index (χ2v) is 10.7. The molecule has 0 amide bonds. The Morgan fingerprint density at radius 1 is 1.32 bits per heavy atom. The van der Waals surface area contributed by atoms with Crippen LogP contribution in [0.2, 0.25) is 0 Å². The zero-order valence-corrected chi connectivity index (χ0v) is 21.9. The predicted octanol–water partition coefficient (Wildman–Crippen LogP) is 4.45. The smallest absolute Gasteiger partial charge is 0.335 e. The monoisotopic (exact) mass is 514 g/mol. The summed E-state index contributed by atoms with van der Waals surface area (Å²) in [5, 5.41) is 19.2. The van der Waals surface area contributed by atoms with Crippen molar-refractivity contribution in [2.45, 2.75) is 64.2 Å². The molecule has 1 aromatic carbocycles. The third-order valence-electron chi connectivity index (χ3n) is 6.65. The number of rotatable bonds is 5. The summed E-state index contributed by atoms with van der Waals surface area (Å²) in [6.07, 6.45) is 1.75. The SMILES string of the molecule is Cc1ccc2cc(Nc3nn([C@]4(CC#N)CCC(C(=O)OC(C)(C)C)OC4)c4cc[nH]c(=O)c34)ccc2n1. The van der Waals surface area contributed by atoms with E-state index >= 15 is 0 Å². The van der Waals surface area contributed by atoms with Gasteiger partial charge >= 0.3 is 5.97 Å². The highest BCUT2D eigenvalue weighted by molar-refractivity contribution is 5.92. The largest absolute Gasteiger partial charge is 0.458 e. The highest BCUT2D eigenvalue weighted by Crippen LogP contribution is 2.37. The number of benzene rings is 1. The average Bonchev–Trinajstić information content (AvgIpc) is 3.24. The van der Waals surface area contributed by atoms with E-state index in [4.69, 9.17) is 14.6 Å². The van der Waals surface area contributed by atoms with E-state index < -0.39 is 23.2 Å². The molecular weight excluding hydrogens is 484 g/mol. The molecule has 1 unspecified atom stereocenters. The van der Waals surface area contributed by atoms with Gasteiger partial charge in [0, 0.05) is 23.0 Å². The number of fused-ring (bicyclic) bond motifs is 2. The standard InChI is InChI=1S/C28H30N6O4/c1-17-5-6-18-15-19(7-8-20(18)31-17)32-24-23-21(10-14-30-25(23)35)34(33-24)28(12-13-29)11-9-22(37-16-28)26(36)38-27(2,3)4/h5-8,10,14-15,22H,9,11-12,16H2,1-4H3,(H,30,35)(H,32,33)/t22?,28-/m0/s1. The van der Waals surface area contributed by atoms with Gasteiger partial charge in [-0.3, -0.25) is 14.5 Å². The summed E-state index contributed by atoms with van der Waals surface area (Å²) >= 11 is 0. The van der Waals surface area contributed by atoms with Crippen LogP contribution in [0.4, 0.5) is 11.5 Å². The van der Waals surface area contributed by atoms with Crippen LogP contribution in [0.3, 0.4) is 0 Å². The number of carbonyl (C=O) groups is 1. The minimum absolute atomic E-state index is 0.0779. The van der Waals surface area contributed by atoms with Crippen molar-refractivity contribution in [2.24, 2.45) is 0 Å². The lowest BCUT2D eigenvalue weighted by molar-refractivity contribution is -0.176. The summed E-state index contributed by atoms with van der Waals surface area (Å²) < 4.78 is 13.2. The maximum Gasteiger partial charge on any atom is 0.335 e. The van der Waals surface area contributed by atoms with Crippen molar-refractivity contribution in [3.8, 4) is 6.07 Å². The maximum atomic E-state index is 13.0. The lowest BCUT2D eigenvalue weighted by Gasteiger charge is -2.39. The number of nitrogens with one attached hydrogen (secondary N) is 2. The second kappa shape index (κ2) is 9.58. The van der Waals surface area contributed by atoms with Crippen LogP contribution in [0.1, 0.15) is 45.7 Å². The van der Waals surface area contributed by atoms with Gasteiger partial charge in [0.15, 0.2) is 11.9 Å². The van der Waals surface area contributed by atoms with Gasteiger partial charge in [-0.2, -0.15) is 10.4 Å². The Balaban J connectivity index is 1.51. The van der Waals surface area contributed by atoms with Crippen LogP contribution in [-0.4, -0.2) is 44.0 Å². The van der Waals surface area contributed by atoms with E-state index in [1.54, 1.807) is 16.9 Å². The topological polar surface area (TPSA) is 135 Å². The zero-order valence-electron chi connectivity index (χ0n) is 21.9. The normalized spacial score (nSPS) is 19.8. The molecule has 10 heteroatoms. The number of ether oxygens (including phenoxy) is 2. The van der Waals surface area contributed by atoms with Gasteiger partial charge in [-0.05, 0) is 70.9 Å². The van der Waals surface area contributed by atoms with Crippen LogP contribution < -0.4 is 10.9 Å². The first-order valence-electron chi connectivity index (χ1n) is 12.6. The highest BCUT2D eigenvalue weighted by atomic mass is 16.6. The number of carbonyl (C=O) groups excluding carboxylic acids is 1. The van der Waals surface area contributed by atoms with Crippen LogP contribution in [0, 0.1) is 18.3 Å². The number of pyridine rings is 2. The third kappa shape index (κ3) is 4.85. The lowest BCUT2D eigenvalue weighted by Crippen LogP contribution is -2.47. The summed E-state index contributed by atoms with van der Waals surface area (Å²) in [6.45, 7) is 7.45. The molecule has 0 aliphatic carbocycles. The average molecular weight is 515 g/mol. The van der Waals surface area contributed by atoms with E-state index in [0.717, 1.165) is 22.3 Å². The van der Waals surface area contributed by atoms with Crippen molar-refractivity contribution in [2.75, 3.05) is 11.9 Å². The summed E-state index contributed by atoms with van der Waals surface area (Å²) in [5.41, 5.74) is 1.34. The van der Waals surface area contributed by atoms with Crippen LogP contribution in [0.25, 0.3) is 21.8 Å². The van der Waals surface area contributed by atoms with Gasteiger partial charge in [-0.1, -0.05) is 6.07 Å². The number of H-pyrrole nitrogens is 1. The van der Waals surface area contributed by atoms with Gasteiger partial charge in [-0.15, -0.1) is 0 Å². The number of hydrogen-bond donors (Lipinski definition) is 2. The number of nitriles is 1. The molecule has 196 valence electrons. The van der Waals surface area contributed by atoms with Crippen LogP contribution in [0.5, 0.6) is 0 Å². The molecule has 3 aromatic heterocycles. The van der Waals surface area contributed by atoms with Gasteiger partial charge in [0.05, 0.1) is 35.7 Å². The van der Waals surface area contributed by atoms with Crippen molar-refractivity contribution in [1.29, 1.82) is 5.26 Å². The minimum Gasteiger partial charge on any atom is -0.458 e.